The van der Waals surface area contributed by atoms with E-state index in [1.807, 2.05) is 31.2 Å². The van der Waals surface area contributed by atoms with Crippen LogP contribution in [0.15, 0.2) is 48.8 Å². The topological polar surface area (TPSA) is 93.0 Å². The Balaban J connectivity index is 1.86. The zero-order chi connectivity index (χ0) is 19.4. The molecule has 1 aromatic heterocycles. The quantitative estimate of drug-likeness (QED) is 0.495. The van der Waals surface area contributed by atoms with E-state index in [-0.39, 0.29) is 17.3 Å². The molecule has 138 valence electrons. The second-order valence-electron chi connectivity index (χ2n) is 5.77. The Kier molecular flexibility index (Phi) is 5.20. The fourth-order valence-electron chi connectivity index (χ4n) is 2.37. The predicted octanol–water partition coefficient (Wildman–Crippen LogP) is 4.33. The van der Waals surface area contributed by atoms with Gasteiger partial charge in [0.2, 0.25) is 11.6 Å². The van der Waals surface area contributed by atoms with Crippen molar-refractivity contribution < 1.29 is 13.7 Å². The summed E-state index contributed by atoms with van der Waals surface area (Å²) in [6.07, 6.45) is 1.15. The second kappa shape index (κ2) is 7.73. The Hall–Kier alpha value is -3.62. The summed E-state index contributed by atoms with van der Waals surface area (Å²) in [6.45, 7) is 2.28. The minimum atomic E-state index is -1.07. The zero-order valence-corrected chi connectivity index (χ0v) is 14.2. The molecule has 0 bridgehead atoms. The number of hydrogen-bond acceptors (Lipinski definition) is 6. The maximum atomic E-state index is 13.4. The molecule has 0 saturated heterocycles. The largest absolute Gasteiger partial charge is 0.360 e. The van der Waals surface area contributed by atoms with E-state index in [0.717, 1.165) is 29.6 Å². The Morgan fingerprint density at radius 3 is 2.41 bits per heavy atom. The van der Waals surface area contributed by atoms with Crippen LogP contribution in [0.5, 0.6) is 0 Å². The van der Waals surface area contributed by atoms with Gasteiger partial charge < -0.3 is 10.6 Å². The molecule has 1 heterocycles. The highest BCUT2D eigenvalue weighted by molar-refractivity contribution is 5.73. The van der Waals surface area contributed by atoms with Crippen LogP contribution >= 0.6 is 0 Å². The standard InChI is InChI=1S/C18H15F2N5O2/c1-11-2-4-12(5-3-11)9-21-17-16(25(26)27)18(23-10-22-17)24-13-6-7-14(19)15(20)8-13/h2-8,10H,9H2,1H3,(H2,21,22,23,24). The van der Waals surface area contributed by atoms with E-state index in [4.69, 9.17) is 0 Å². The van der Waals surface area contributed by atoms with E-state index in [9.17, 15) is 18.9 Å². The first-order valence-electron chi connectivity index (χ1n) is 7.95. The summed E-state index contributed by atoms with van der Waals surface area (Å²) in [4.78, 5) is 18.7. The molecule has 3 rings (SSSR count). The summed E-state index contributed by atoms with van der Waals surface area (Å²) in [6, 6.07) is 10.7. The third-order valence-electron chi connectivity index (χ3n) is 3.77. The molecular weight excluding hydrogens is 356 g/mol. The van der Waals surface area contributed by atoms with Crippen LogP contribution in [-0.2, 0) is 6.54 Å². The van der Waals surface area contributed by atoms with Crippen LogP contribution in [0.1, 0.15) is 11.1 Å². The third kappa shape index (κ3) is 4.32. The van der Waals surface area contributed by atoms with Crippen LogP contribution < -0.4 is 10.6 Å². The van der Waals surface area contributed by atoms with Gasteiger partial charge in [0.15, 0.2) is 11.6 Å². The fourth-order valence-corrected chi connectivity index (χ4v) is 2.37. The zero-order valence-electron chi connectivity index (χ0n) is 14.2. The third-order valence-corrected chi connectivity index (χ3v) is 3.77. The monoisotopic (exact) mass is 371 g/mol. The molecule has 0 saturated carbocycles. The summed E-state index contributed by atoms with van der Waals surface area (Å²) >= 11 is 0. The molecule has 3 aromatic rings. The normalized spacial score (nSPS) is 10.5. The number of aromatic nitrogens is 2. The summed E-state index contributed by atoms with van der Waals surface area (Å²) in [5, 5.41) is 17.1. The molecule has 2 aromatic carbocycles. The number of nitro groups is 1. The van der Waals surface area contributed by atoms with Crippen LogP contribution in [0.25, 0.3) is 0 Å². The highest BCUT2D eigenvalue weighted by Crippen LogP contribution is 2.31. The molecule has 0 spiro atoms. The first kappa shape index (κ1) is 18.2. The van der Waals surface area contributed by atoms with E-state index in [1.54, 1.807) is 0 Å². The van der Waals surface area contributed by atoms with Gasteiger partial charge in [0, 0.05) is 18.3 Å². The number of anilines is 3. The van der Waals surface area contributed by atoms with Crippen molar-refractivity contribution in [1.82, 2.24) is 9.97 Å². The molecular formula is C18H15F2N5O2. The lowest BCUT2D eigenvalue weighted by Crippen LogP contribution is -2.08. The van der Waals surface area contributed by atoms with Crippen LogP contribution in [0.2, 0.25) is 0 Å². The van der Waals surface area contributed by atoms with E-state index in [0.29, 0.717) is 6.54 Å². The van der Waals surface area contributed by atoms with Gasteiger partial charge in [-0.2, -0.15) is 0 Å². The number of rotatable bonds is 6. The molecule has 9 heteroatoms. The van der Waals surface area contributed by atoms with E-state index < -0.39 is 22.2 Å². The number of nitrogens with one attached hydrogen (secondary N) is 2. The van der Waals surface area contributed by atoms with Crippen LogP contribution in [-0.4, -0.2) is 14.9 Å². The maximum Gasteiger partial charge on any atom is 0.353 e. The molecule has 0 atom stereocenters. The van der Waals surface area contributed by atoms with Gasteiger partial charge in [0.25, 0.3) is 0 Å². The number of benzene rings is 2. The average Bonchev–Trinajstić information content (AvgIpc) is 2.64. The van der Waals surface area contributed by atoms with E-state index >= 15 is 0 Å². The van der Waals surface area contributed by atoms with Gasteiger partial charge >= 0.3 is 5.69 Å². The van der Waals surface area contributed by atoms with Crippen molar-refractivity contribution in [3.8, 4) is 0 Å². The maximum absolute atomic E-state index is 13.4. The van der Waals surface area contributed by atoms with Gasteiger partial charge in [-0.25, -0.2) is 18.7 Å². The van der Waals surface area contributed by atoms with Crippen LogP contribution in [0, 0.1) is 28.7 Å². The second-order valence-corrected chi connectivity index (χ2v) is 5.77. The highest BCUT2D eigenvalue weighted by Gasteiger charge is 2.23. The lowest BCUT2D eigenvalue weighted by atomic mass is 10.1. The smallest absolute Gasteiger partial charge is 0.353 e. The van der Waals surface area contributed by atoms with Gasteiger partial charge in [-0.05, 0) is 24.6 Å². The predicted molar refractivity (Wildman–Crippen MR) is 96.8 cm³/mol. The first-order valence-corrected chi connectivity index (χ1v) is 7.95. The molecule has 7 nitrogen and oxygen atoms in total. The molecule has 2 N–H and O–H groups in total. The van der Waals surface area contributed by atoms with Crippen molar-refractivity contribution in [2.75, 3.05) is 10.6 Å². The average molecular weight is 371 g/mol. The lowest BCUT2D eigenvalue weighted by Gasteiger charge is -2.10. The number of hydrogen-bond donors (Lipinski definition) is 2. The van der Waals surface area contributed by atoms with Crippen molar-refractivity contribution in [2.45, 2.75) is 13.5 Å². The van der Waals surface area contributed by atoms with Crippen LogP contribution in [0.3, 0.4) is 0 Å². The fraction of sp³-hybridized carbons (Fsp3) is 0.111. The van der Waals surface area contributed by atoms with Gasteiger partial charge in [-0.15, -0.1) is 0 Å². The van der Waals surface area contributed by atoms with E-state index in [2.05, 4.69) is 20.6 Å². The van der Waals surface area contributed by atoms with Crippen molar-refractivity contribution in [1.29, 1.82) is 0 Å². The van der Waals surface area contributed by atoms with Crippen LogP contribution in [0.4, 0.5) is 31.8 Å². The molecule has 0 aliphatic rings. The molecule has 0 fully saturated rings. The summed E-state index contributed by atoms with van der Waals surface area (Å²) in [5.74, 6) is -2.21. The first-order chi connectivity index (χ1) is 12.9. The van der Waals surface area contributed by atoms with Gasteiger partial charge in [-0.1, -0.05) is 29.8 Å². The summed E-state index contributed by atoms with van der Waals surface area (Å²) < 4.78 is 26.4. The van der Waals surface area contributed by atoms with Crippen molar-refractivity contribution in [3.05, 3.63) is 81.7 Å². The molecule has 0 unspecified atom stereocenters. The van der Waals surface area contributed by atoms with Gasteiger partial charge in [-0.3, -0.25) is 10.1 Å². The molecule has 0 amide bonds. The van der Waals surface area contributed by atoms with Crippen molar-refractivity contribution in [3.63, 3.8) is 0 Å². The Labute approximate surface area is 153 Å². The molecule has 0 aliphatic heterocycles. The van der Waals surface area contributed by atoms with Crippen molar-refractivity contribution >= 4 is 23.0 Å². The molecule has 0 aliphatic carbocycles. The summed E-state index contributed by atoms with van der Waals surface area (Å²) in [5.41, 5.74) is 1.75. The lowest BCUT2D eigenvalue weighted by molar-refractivity contribution is -0.383. The van der Waals surface area contributed by atoms with Gasteiger partial charge in [0.05, 0.1) is 4.92 Å². The Morgan fingerprint density at radius 2 is 1.74 bits per heavy atom. The minimum Gasteiger partial charge on any atom is -0.360 e. The summed E-state index contributed by atoms with van der Waals surface area (Å²) in [7, 11) is 0. The Bertz CT molecular complexity index is 980. The van der Waals surface area contributed by atoms with E-state index in [1.165, 1.54) is 6.07 Å². The van der Waals surface area contributed by atoms with Crippen molar-refractivity contribution in [2.24, 2.45) is 0 Å². The SMILES string of the molecule is Cc1ccc(CNc2ncnc(Nc3ccc(F)c(F)c3)c2[N+](=O)[O-])cc1. The van der Waals surface area contributed by atoms with Gasteiger partial charge in [0.1, 0.15) is 6.33 Å². The molecule has 0 radical (unpaired) electrons. The Morgan fingerprint density at radius 1 is 1.04 bits per heavy atom. The number of aryl methyl sites for hydroxylation is 1. The number of nitrogens with zero attached hydrogens (tertiary/aromatic N) is 3. The highest BCUT2D eigenvalue weighted by atomic mass is 19.2. The molecule has 27 heavy (non-hydrogen) atoms. The minimum absolute atomic E-state index is 0.0145. The number of halogens is 2.